The van der Waals surface area contributed by atoms with E-state index in [0.29, 0.717) is 12.3 Å². The van der Waals surface area contributed by atoms with E-state index in [1.807, 2.05) is 6.92 Å². The normalized spacial score (nSPS) is 26.9. The minimum absolute atomic E-state index is 0.0719. The molecule has 0 radical (unpaired) electrons. The smallest absolute Gasteiger partial charge is 0.311 e. The lowest BCUT2D eigenvalue weighted by molar-refractivity contribution is -0.134. The second kappa shape index (κ2) is 9.85. The van der Waals surface area contributed by atoms with Crippen molar-refractivity contribution in [3.63, 3.8) is 0 Å². The number of ether oxygens (including phenoxy) is 1. The molecule has 0 aromatic heterocycles. The zero-order valence-electron chi connectivity index (χ0n) is 19.3. The van der Waals surface area contributed by atoms with Crippen LogP contribution in [0.1, 0.15) is 95.6 Å². The first-order valence-corrected chi connectivity index (χ1v) is 12.7. The summed E-state index contributed by atoms with van der Waals surface area (Å²) in [5, 5.41) is 0. The maximum atomic E-state index is 12.4. The molecule has 0 spiro atoms. The van der Waals surface area contributed by atoms with Gasteiger partial charge in [-0.15, -0.1) is 0 Å². The van der Waals surface area contributed by atoms with E-state index in [0.717, 1.165) is 24.5 Å². The van der Waals surface area contributed by atoms with Gasteiger partial charge in [-0.25, -0.2) is 0 Å². The van der Waals surface area contributed by atoms with E-state index in [-0.39, 0.29) is 11.4 Å². The third kappa shape index (κ3) is 4.47. The molecule has 2 aliphatic carbocycles. The number of esters is 1. The second-order valence-corrected chi connectivity index (χ2v) is 10.2. The standard InChI is InChI=1S/C27H41NO2/c1-3-5-16-27-17-18-28(19-21-10-6-7-11-21)20-23(27)15-14-22-12-8-13-24(26(22)27)30-25(29)9-4-2/h8,12-13,21,23H,3-7,9-11,14-20H2,1-2H3. The first-order valence-electron chi connectivity index (χ1n) is 12.7. The van der Waals surface area contributed by atoms with Gasteiger partial charge in [0.1, 0.15) is 5.75 Å². The molecule has 3 nitrogen and oxygen atoms in total. The number of hydrogen-bond donors (Lipinski definition) is 0. The van der Waals surface area contributed by atoms with Crippen LogP contribution in [0, 0.1) is 11.8 Å². The number of likely N-dealkylation sites (tertiary alicyclic amines) is 1. The Morgan fingerprint density at radius 2 is 2.00 bits per heavy atom. The molecule has 1 heterocycles. The molecular weight excluding hydrogens is 370 g/mol. The lowest BCUT2D eigenvalue weighted by Crippen LogP contribution is -2.53. The van der Waals surface area contributed by atoms with Crippen molar-refractivity contribution in [1.29, 1.82) is 0 Å². The van der Waals surface area contributed by atoms with Crippen molar-refractivity contribution in [3.05, 3.63) is 29.3 Å². The first kappa shape index (κ1) is 21.9. The Morgan fingerprint density at radius 3 is 2.77 bits per heavy atom. The van der Waals surface area contributed by atoms with E-state index in [1.54, 1.807) is 0 Å². The van der Waals surface area contributed by atoms with Gasteiger partial charge < -0.3 is 9.64 Å². The van der Waals surface area contributed by atoms with Crippen LogP contribution in [0.15, 0.2) is 18.2 Å². The van der Waals surface area contributed by atoms with Crippen molar-refractivity contribution < 1.29 is 9.53 Å². The van der Waals surface area contributed by atoms with E-state index < -0.39 is 0 Å². The van der Waals surface area contributed by atoms with Crippen LogP contribution in [0.2, 0.25) is 0 Å². The number of fused-ring (bicyclic) bond motifs is 3. The maximum Gasteiger partial charge on any atom is 0.311 e. The molecule has 3 heteroatoms. The average molecular weight is 412 g/mol. The summed E-state index contributed by atoms with van der Waals surface area (Å²) in [6.07, 6.45) is 14.4. The number of piperidine rings is 1. The predicted molar refractivity (Wildman–Crippen MR) is 123 cm³/mol. The Labute approximate surface area is 183 Å². The fraction of sp³-hybridized carbons (Fsp3) is 0.741. The summed E-state index contributed by atoms with van der Waals surface area (Å²) in [5.41, 5.74) is 3.03. The Bertz CT molecular complexity index is 724. The molecule has 2 unspecified atom stereocenters. The van der Waals surface area contributed by atoms with E-state index in [1.165, 1.54) is 88.5 Å². The van der Waals surface area contributed by atoms with Crippen molar-refractivity contribution in [3.8, 4) is 5.75 Å². The van der Waals surface area contributed by atoms with E-state index >= 15 is 0 Å². The van der Waals surface area contributed by atoms with Crippen molar-refractivity contribution in [2.45, 2.75) is 96.3 Å². The summed E-state index contributed by atoms with van der Waals surface area (Å²) in [7, 11) is 0. The Kier molecular flexibility index (Phi) is 7.18. The minimum atomic E-state index is -0.0719. The highest BCUT2D eigenvalue weighted by Crippen LogP contribution is 2.53. The van der Waals surface area contributed by atoms with Crippen LogP contribution in [-0.2, 0) is 16.6 Å². The van der Waals surface area contributed by atoms with Crippen LogP contribution in [0.5, 0.6) is 5.75 Å². The summed E-state index contributed by atoms with van der Waals surface area (Å²) < 4.78 is 5.99. The summed E-state index contributed by atoms with van der Waals surface area (Å²) in [6.45, 7) is 8.09. The first-order chi connectivity index (χ1) is 14.7. The minimum Gasteiger partial charge on any atom is -0.426 e. The molecule has 166 valence electrons. The number of aryl methyl sites for hydroxylation is 1. The lowest BCUT2D eigenvalue weighted by atomic mass is 9.57. The Morgan fingerprint density at radius 1 is 1.17 bits per heavy atom. The van der Waals surface area contributed by atoms with Gasteiger partial charge in [-0.3, -0.25) is 4.79 Å². The largest absolute Gasteiger partial charge is 0.426 e. The molecule has 30 heavy (non-hydrogen) atoms. The lowest BCUT2D eigenvalue weighted by Gasteiger charge is -2.52. The van der Waals surface area contributed by atoms with Gasteiger partial charge in [0, 0.05) is 30.5 Å². The van der Waals surface area contributed by atoms with Crippen LogP contribution in [0.3, 0.4) is 0 Å². The molecule has 1 aliphatic heterocycles. The quantitative estimate of drug-likeness (QED) is 0.372. The van der Waals surface area contributed by atoms with Crippen molar-refractivity contribution in [2.75, 3.05) is 19.6 Å². The van der Waals surface area contributed by atoms with Gasteiger partial charge in [0.25, 0.3) is 0 Å². The van der Waals surface area contributed by atoms with Gasteiger partial charge in [-0.1, -0.05) is 51.7 Å². The molecule has 0 amide bonds. The zero-order valence-corrected chi connectivity index (χ0v) is 19.3. The number of carbonyl (C=O) groups excluding carboxylic acids is 1. The molecule has 3 aliphatic rings. The molecule has 2 fully saturated rings. The number of rotatable bonds is 8. The van der Waals surface area contributed by atoms with E-state index in [4.69, 9.17) is 4.74 Å². The summed E-state index contributed by atoms with van der Waals surface area (Å²) in [4.78, 5) is 15.2. The molecule has 1 saturated carbocycles. The van der Waals surface area contributed by atoms with Crippen molar-refractivity contribution in [1.82, 2.24) is 4.90 Å². The van der Waals surface area contributed by atoms with Crippen LogP contribution < -0.4 is 4.74 Å². The van der Waals surface area contributed by atoms with Gasteiger partial charge >= 0.3 is 5.97 Å². The number of unbranched alkanes of at least 4 members (excludes halogenated alkanes) is 1. The molecule has 0 bridgehead atoms. The number of carbonyl (C=O) groups is 1. The molecule has 2 atom stereocenters. The topological polar surface area (TPSA) is 29.5 Å². The van der Waals surface area contributed by atoms with Gasteiger partial charge in [0.05, 0.1) is 0 Å². The fourth-order valence-corrected chi connectivity index (χ4v) is 6.65. The van der Waals surface area contributed by atoms with Crippen molar-refractivity contribution in [2.24, 2.45) is 11.8 Å². The van der Waals surface area contributed by atoms with Gasteiger partial charge in [0.2, 0.25) is 0 Å². The number of hydrogen-bond acceptors (Lipinski definition) is 3. The summed E-state index contributed by atoms with van der Waals surface area (Å²) in [5.74, 6) is 2.42. The number of nitrogens with zero attached hydrogens (tertiary/aromatic N) is 1. The van der Waals surface area contributed by atoms with Crippen LogP contribution in [0.4, 0.5) is 0 Å². The SMILES string of the molecule is CCCCC12CCN(CC3CCCC3)CC1CCc1cccc(OC(=O)CCC)c12. The molecule has 1 aromatic rings. The van der Waals surface area contributed by atoms with Gasteiger partial charge in [-0.2, -0.15) is 0 Å². The second-order valence-electron chi connectivity index (χ2n) is 10.2. The molecule has 0 N–H and O–H groups in total. The van der Waals surface area contributed by atoms with Crippen LogP contribution >= 0.6 is 0 Å². The zero-order chi connectivity index (χ0) is 21.0. The van der Waals surface area contributed by atoms with E-state index in [2.05, 4.69) is 30.0 Å². The highest BCUT2D eigenvalue weighted by molar-refractivity contribution is 5.73. The van der Waals surface area contributed by atoms with Crippen LogP contribution in [-0.4, -0.2) is 30.5 Å². The highest BCUT2D eigenvalue weighted by atomic mass is 16.5. The van der Waals surface area contributed by atoms with Crippen LogP contribution in [0.25, 0.3) is 0 Å². The molecule has 1 aromatic carbocycles. The molecular formula is C27H41NO2. The van der Waals surface area contributed by atoms with E-state index in [9.17, 15) is 4.79 Å². The summed E-state index contributed by atoms with van der Waals surface area (Å²) >= 11 is 0. The highest BCUT2D eigenvalue weighted by Gasteiger charge is 2.48. The third-order valence-electron chi connectivity index (χ3n) is 8.15. The number of benzene rings is 1. The molecule has 1 saturated heterocycles. The molecule has 4 rings (SSSR count). The summed E-state index contributed by atoms with van der Waals surface area (Å²) in [6, 6.07) is 6.45. The fourth-order valence-electron chi connectivity index (χ4n) is 6.65. The van der Waals surface area contributed by atoms with Gasteiger partial charge in [0.15, 0.2) is 0 Å². The Balaban J connectivity index is 1.61. The average Bonchev–Trinajstić information content (AvgIpc) is 3.25. The maximum absolute atomic E-state index is 12.4. The third-order valence-corrected chi connectivity index (χ3v) is 8.15. The predicted octanol–water partition coefficient (Wildman–Crippen LogP) is 6.28. The monoisotopic (exact) mass is 411 g/mol. The Hall–Kier alpha value is -1.35. The van der Waals surface area contributed by atoms with Gasteiger partial charge in [-0.05, 0) is 75.0 Å². The van der Waals surface area contributed by atoms with Crippen molar-refractivity contribution >= 4 is 5.97 Å².